The summed E-state index contributed by atoms with van der Waals surface area (Å²) < 4.78 is 6.99. The lowest BCUT2D eigenvalue weighted by Crippen LogP contribution is -2.57. The van der Waals surface area contributed by atoms with Crippen LogP contribution in [0, 0.1) is 0 Å². The van der Waals surface area contributed by atoms with Gasteiger partial charge in [0.2, 0.25) is 5.69 Å². The van der Waals surface area contributed by atoms with E-state index in [2.05, 4.69) is 141 Å². The monoisotopic (exact) mass is 531 g/mol. The van der Waals surface area contributed by atoms with Crippen molar-refractivity contribution in [2.75, 3.05) is 0 Å². The topological polar surface area (TPSA) is 38.5 Å². The minimum absolute atomic E-state index is 0.0397. The van der Waals surface area contributed by atoms with Crippen molar-refractivity contribution in [3.8, 4) is 22.6 Å². The van der Waals surface area contributed by atoms with Crippen LogP contribution in [0.15, 0.2) is 85.3 Å². The van der Waals surface area contributed by atoms with Crippen LogP contribution in [-0.4, -0.2) is 14.8 Å². The zero-order valence-electron chi connectivity index (χ0n) is 24.7. The summed E-state index contributed by atoms with van der Waals surface area (Å²) >= 11 is 0. The van der Waals surface area contributed by atoms with E-state index in [9.17, 15) is 0 Å². The maximum Gasteiger partial charge on any atom is 0.287 e. The van der Waals surface area contributed by atoms with Crippen LogP contribution in [-0.2, 0) is 24.5 Å². The highest BCUT2D eigenvalue weighted by atomic mass is 15.3. The molecule has 5 heteroatoms. The summed E-state index contributed by atoms with van der Waals surface area (Å²) in [4.78, 5) is 4.95. The van der Waals surface area contributed by atoms with Gasteiger partial charge in [0, 0.05) is 35.6 Å². The van der Waals surface area contributed by atoms with E-state index in [-0.39, 0.29) is 16.9 Å². The molecule has 0 spiro atoms. The van der Waals surface area contributed by atoms with Crippen LogP contribution in [0.3, 0.4) is 0 Å². The molecule has 204 valence electrons. The largest absolute Gasteiger partial charge is 0.287 e. The zero-order chi connectivity index (χ0) is 28.1. The van der Waals surface area contributed by atoms with Crippen molar-refractivity contribution >= 4 is 10.9 Å². The third-order valence-corrected chi connectivity index (χ3v) is 9.08. The molecule has 1 aliphatic rings. The normalized spacial score (nSPS) is 16.4. The van der Waals surface area contributed by atoms with Crippen molar-refractivity contribution in [3.63, 3.8) is 0 Å². The summed E-state index contributed by atoms with van der Waals surface area (Å²) in [6, 6.07) is 26.3. The van der Waals surface area contributed by atoms with Crippen LogP contribution >= 0.6 is 0 Å². The predicted molar refractivity (Wildman–Crippen MR) is 161 cm³/mol. The predicted octanol–water partition coefficient (Wildman–Crippen LogP) is 6.88. The highest BCUT2D eigenvalue weighted by Gasteiger charge is 2.43. The molecule has 1 unspecified atom stereocenters. The molecule has 0 fully saturated rings. The Hall–Kier alpha value is -3.86. The molecule has 3 aromatic heterocycles. The third kappa shape index (κ3) is 4.32. The van der Waals surface area contributed by atoms with Gasteiger partial charge in [0.25, 0.3) is 6.33 Å². The Labute approximate surface area is 238 Å². The first-order valence-electron chi connectivity index (χ1n) is 14.7. The van der Waals surface area contributed by atoms with Gasteiger partial charge in [-0.15, -0.1) is 0 Å². The number of nitrogens with zero attached hydrogens (tertiary/aromatic N) is 5. The standard InChI is InChI=1S/C35H41N5/c1-7-35(8-2)22-25(23-40-31(21-32(37-40)34(3,4)5)30-19-13-14-20-38(30)6)26-15-9-10-16-27(26)33-28-17-11-12-18-29(28)36-24-39(33)35/h9-21,24-25H,7-8,22-23H2,1-6H3/q+2. The number of para-hydroxylation sites is 1. The van der Waals surface area contributed by atoms with Crippen molar-refractivity contribution in [2.24, 2.45) is 7.05 Å². The number of hydrogen-bond acceptors (Lipinski definition) is 2. The molecular weight excluding hydrogens is 490 g/mol. The van der Waals surface area contributed by atoms with Crippen molar-refractivity contribution in [1.29, 1.82) is 0 Å². The lowest BCUT2D eigenvalue weighted by Gasteiger charge is -2.32. The molecule has 0 radical (unpaired) electrons. The van der Waals surface area contributed by atoms with Gasteiger partial charge in [0.1, 0.15) is 24.0 Å². The van der Waals surface area contributed by atoms with Gasteiger partial charge in [-0.05, 0) is 54.1 Å². The highest BCUT2D eigenvalue weighted by molar-refractivity contribution is 5.91. The quantitative estimate of drug-likeness (QED) is 0.232. The fourth-order valence-corrected chi connectivity index (χ4v) is 6.63. The molecule has 0 aliphatic carbocycles. The average molecular weight is 532 g/mol. The van der Waals surface area contributed by atoms with Gasteiger partial charge in [0.15, 0.2) is 11.7 Å². The number of benzene rings is 2. The third-order valence-electron chi connectivity index (χ3n) is 9.08. The van der Waals surface area contributed by atoms with Gasteiger partial charge >= 0.3 is 0 Å². The maximum atomic E-state index is 5.28. The number of aryl methyl sites for hydroxylation is 1. The fraction of sp³-hybridized carbons (Fsp3) is 0.371. The van der Waals surface area contributed by atoms with Crippen molar-refractivity contribution in [3.05, 3.63) is 96.6 Å². The van der Waals surface area contributed by atoms with Gasteiger partial charge in [-0.2, -0.15) is 9.67 Å². The van der Waals surface area contributed by atoms with Gasteiger partial charge in [-0.3, -0.25) is 4.68 Å². The Morgan fingerprint density at radius 3 is 2.42 bits per heavy atom. The molecular formula is C35H41N5+2. The SMILES string of the molecule is CCC1(CC)CC(Cn2nc(C(C)(C)C)cc2-c2cccc[n+]2C)c2ccccc2-c2c3ccccc3nc[n+]21. The Morgan fingerprint density at radius 2 is 1.68 bits per heavy atom. The summed E-state index contributed by atoms with van der Waals surface area (Å²) in [6.45, 7) is 12.2. The first kappa shape index (κ1) is 26.4. The van der Waals surface area contributed by atoms with Crippen molar-refractivity contribution in [2.45, 2.75) is 77.3 Å². The van der Waals surface area contributed by atoms with Crippen LogP contribution in [0.4, 0.5) is 0 Å². The summed E-state index contributed by atoms with van der Waals surface area (Å²) in [5.74, 6) is 0.287. The molecule has 6 rings (SSSR count). The van der Waals surface area contributed by atoms with Gasteiger partial charge < -0.3 is 0 Å². The lowest BCUT2D eigenvalue weighted by molar-refractivity contribution is -0.758. The second-order valence-electron chi connectivity index (χ2n) is 12.4. The molecule has 5 nitrogen and oxygen atoms in total. The van der Waals surface area contributed by atoms with Gasteiger partial charge in [-0.1, -0.05) is 71.0 Å². The summed E-state index contributed by atoms with van der Waals surface area (Å²) in [7, 11) is 2.12. The Balaban J connectivity index is 1.57. The molecule has 0 bridgehead atoms. The second kappa shape index (κ2) is 9.96. The fourth-order valence-electron chi connectivity index (χ4n) is 6.63. The second-order valence-corrected chi connectivity index (χ2v) is 12.4. The van der Waals surface area contributed by atoms with E-state index in [0.29, 0.717) is 0 Å². The molecule has 1 aliphatic heterocycles. The maximum absolute atomic E-state index is 5.28. The zero-order valence-corrected chi connectivity index (χ0v) is 24.7. The molecule has 0 N–H and O–H groups in total. The van der Waals surface area contributed by atoms with E-state index in [1.807, 2.05) is 0 Å². The van der Waals surface area contributed by atoms with Crippen molar-refractivity contribution < 1.29 is 9.13 Å². The van der Waals surface area contributed by atoms with Gasteiger partial charge in [-0.25, -0.2) is 4.57 Å². The van der Waals surface area contributed by atoms with Gasteiger partial charge in [0.05, 0.1) is 11.1 Å². The molecule has 4 heterocycles. The lowest BCUT2D eigenvalue weighted by atomic mass is 9.80. The molecule has 0 saturated carbocycles. The minimum Gasteiger partial charge on any atom is -0.258 e. The van der Waals surface area contributed by atoms with E-state index in [0.717, 1.165) is 37.0 Å². The minimum atomic E-state index is -0.0480. The average Bonchev–Trinajstić information content (AvgIpc) is 3.34. The Bertz CT molecular complexity index is 1690. The molecule has 2 aromatic carbocycles. The first-order valence-corrected chi connectivity index (χ1v) is 14.7. The van der Waals surface area contributed by atoms with Crippen LogP contribution < -0.4 is 9.13 Å². The molecule has 0 amide bonds. The van der Waals surface area contributed by atoms with Crippen molar-refractivity contribution in [1.82, 2.24) is 14.8 Å². The summed E-state index contributed by atoms with van der Waals surface area (Å²) in [6.07, 6.45) is 7.33. The first-order chi connectivity index (χ1) is 19.3. The molecule has 1 atom stereocenters. The smallest absolute Gasteiger partial charge is 0.258 e. The van der Waals surface area contributed by atoms with E-state index >= 15 is 0 Å². The van der Waals surface area contributed by atoms with E-state index < -0.39 is 0 Å². The van der Waals surface area contributed by atoms with E-state index in [4.69, 9.17) is 10.1 Å². The molecule has 5 aromatic rings. The highest BCUT2D eigenvalue weighted by Crippen LogP contribution is 2.44. The number of fused-ring (bicyclic) bond motifs is 5. The number of hydrogen-bond donors (Lipinski definition) is 0. The van der Waals surface area contributed by atoms with Crippen LogP contribution in [0.25, 0.3) is 33.5 Å². The number of pyridine rings is 1. The van der Waals surface area contributed by atoms with Crippen LogP contribution in [0.2, 0.25) is 0 Å². The number of rotatable bonds is 5. The Kier molecular flexibility index (Phi) is 6.56. The molecule has 0 saturated heterocycles. The van der Waals surface area contributed by atoms with Crippen LogP contribution in [0.5, 0.6) is 0 Å². The summed E-state index contributed by atoms with van der Waals surface area (Å²) in [5.41, 5.74) is 8.43. The van der Waals surface area contributed by atoms with Crippen LogP contribution in [0.1, 0.15) is 71.1 Å². The number of aromatic nitrogens is 5. The summed E-state index contributed by atoms with van der Waals surface area (Å²) in [5, 5.41) is 6.50. The van der Waals surface area contributed by atoms with E-state index in [1.165, 1.54) is 33.6 Å². The molecule has 40 heavy (non-hydrogen) atoms. The Morgan fingerprint density at radius 1 is 0.950 bits per heavy atom. The van der Waals surface area contributed by atoms with E-state index in [1.54, 1.807) is 0 Å².